The van der Waals surface area contributed by atoms with Crippen LogP contribution in [0.2, 0.25) is 0 Å². The van der Waals surface area contributed by atoms with Crippen molar-refractivity contribution < 1.29 is 4.42 Å². The quantitative estimate of drug-likeness (QED) is 0.495. The number of hydrogen-bond donors (Lipinski definition) is 2. The maximum absolute atomic E-state index is 11.5. The molecule has 2 aromatic rings. The fraction of sp³-hybridized carbons (Fsp3) is 0.231. The summed E-state index contributed by atoms with van der Waals surface area (Å²) >= 11 is 1.20. The molecule has 0 atom stereocenters. The molecule has 2 rings (SSSR count). The van der Waals surface area contributed by atoms with Gasteiger partial charge < -0.3 is 10.2 Å². The van der Waals surface area contributed by atoms with Crippen LogP contribution in [0.5, 0.6) is 0 Å². The fourth-order valence-corrected chi connectivity index (χ4v) is 2.31. The van der Waals surface area contributed by atoms with E-state index in [4.69, 9.17) is 15.6 Å². The molecule has 0 saturated heterocycles. The first-order chi connectivity index (χ1) is 8.47. The highest BCUT2D eigenvalue weighted by molar-refractivity contribution is 8.13. The average Bonchev–Trinajstić information content (AvgIpc) is 2.28. The summed E-state index contributed by atoms with van der Waals surface area (Å²) in [6, 6.07) is 5.34. The van der Waals surface area contributed by atoms with Gasteiger partial charge in [0.25, 0.3) is 0 Å². The summed E-state index contributed by atoms with van der Waals surface area (Å²) in [5, 5.41) is 8.17. The second kappa shape index (κ2) is 4.86. The first-order valence-corrected chi connectivity index (χ1v) is 6.47. The Morgan fingerprint density at radius 2 is 2.00 bits per heavy atom. The minimum absolute atomic E-state index is 0.0419. The molecule has 0 saturated carbocycles. The Hall–Kier alpha value is -1.75. The molecule has 18 heavy (non-hydrogen) atoms. The van der Waals surface area contributed by atoms with Gasteiger partial charge in [-0.25, -0.2) is 4.79 Å². The number of amidine groups is 1. The Morgan fingerprint density at radius 1 is 1.33 bits per heavy atom. The molecule has 0 aliphatic heterocycles. The van der Waals surface area contributed by atoms with E-state index in [0.29, 0.717) is 11.3 Å². The molecule has 1 aromatic heterocycles. The summed E-state index contributed by atoms with van der Waals surface area (Å²) < 4.78 is 5.20. The van der Waals surface area contributed by atoms with Crippen molar-refractivity contribution in [1.82, 2.24) is 0 Å². The third-order valence-electron chi connectivity index (χ3n) is 2.83. The van der Waals surface area contributed by atoms with Crippen molar-refractivity contribution in [3.05, 3.63) is 45.3 Å². The molecule has 1 aromatic carbocycles. The van der Waals surface area contributed by atoms with E-state index in [9.17, 15) is 4.79 Å². The zero-order valence-corrected chi connectivity index (χ0v) is 11.1. The predicted molar refractivity (Wildman–Crippen MR) is 75.2 cm³/mol. The number of nitrogens with one attached hydrogen (secondary N) is 1. The van der Waals surface area contributed by atoms with Gasteiger partial charge in [-0.2, -0.15) is 0 Å². The molecule has 0 unspecified atom stereocenters. The van der Waals surface area contributed by atoms with Crippen LogP contribution in [0.3, 0.4) is 0 Å². The van der Waals surface area contributed by atoms with Gasteiger partial charge in [-0.3, -0.25) is 5.41 Å². The fourth-order valence-electron chi connectivity index (χ4n) is 1.76. The monoisotopic (exact) mass is 262 g/mol. The van der Waals surface area contributed by atoms with Crippen molar-refractivity contribution in [3.63, 3.8) is 0 Å². The number of hydrogen-bond acceptors (Lipinski definition) is 4. The van der Waals surface area contributed by atoms with Crippen LogP contribution in [0.4, 0.5) is 0 Å². The molecule has 0 bridgehead atoms. The number of thioether (sulfide) groups is 1. The van der Waals surface area contributed by atoms with Crippen LogP contribution in [-0.2, 0) is 5.75 Å². The van der Waals surface area contributed by atoms with Gasteiger partial charge in [0.15, 0.2) is 5.17 Å². The third kappa shape index (κ3) is 2.56. The van der Waals surface area contributed by atoms with Gasteiger partial charge in [0, 0.05) is 17.2 Å². The second-order valence-electron chi connectivity index (χ2n) is 4.18. The van der Waals surface area contributed by atoms with Crippen LogP contribution in [-0.4, -0.2) is 5.17 Å². The van der Waals surface area contributed by atoms with Crippen molar-refractivity contribution in [2.24, 2.45) is 5.73 Å². The van der Waals surface area contributed by atoms with E-state index >= 15 is 0 Å². The average molecular weight is 262 g/mol. The van der Waals surface area contributed by atoms with Gasteiger partial charge in [-0.05, 0) is 42.7 Å². The molecule has 0 fully saturated rings. The van der Waals surface area contributed by atoms with Crippen LogP contribution < -0.4 is 11.4 Å². The summed E-state index contributed by atoms with van der Waals surface area (Å²) in [6.45, 7) is 3.99. The Labute approximate surface area is 109 Å². The maximum Gasteiger partial charge on any atom is 0.336 e. The van der Waals surface area contributed by atoms with Gasteiger partial charge in [0.2, 0.25) is 0 Å². The molecule has 0 aliphatic rings. The lowest BCUT2D eigenvalue weighted by molar-refractivity contribution is 0.559. The SMILES string of the molecule is Cc1cc2oc(=O)cc(CSC(=N)N)c2cc1C. The first-order valence-electron chi connectivity index (χ1n) is 5.48. The summed E-state index contributed by atoms with van der Waals surface area (Å²) in [5.74, 6) is 0.500. The lowest BCUT2D eigenvalue weighted by Gasteiger charge is -2.07. The predicted octanol–water partition coefficient (Wildman–Crippen LogP) is 2.54. The molecule has 4 nitrogen and oxygen atoms in total. The summed E-state index contributed by atoms with van der Waals surface area (Å²) in [7, 11) is 0. The molecular weight excluding hydrogens is 248 g/mol. The lowest BCUT2D eigenvalue weighted by Crippen LogP contribution is -2.06. The topological polar surface area (TPSA) is 80.1 Å². The van der Waals surface area contributed by atoms with E-state index in [2.05, 4.69) is 0 Å². The van der Waals surface area contributed by atoms with Crippen molar-refractivity contribution >= 4 is 27.9 Å². The van der Waals surface area contributed by atoms with Crippen molar-refractivity contribution in [3.8, 4) is 0 Å². The van der Waals surface area contributed by atoms with E-state index in [1.807, 2.05) is 26.0 Å². The van der Waals surface area contributed by atoms with Crippen molar-refractivity contribution in [2.75, 3.05) is 0 Å². The number of aryl methyl sites for hydroxylation is 2. The standard InChI is InChI=1S/C13H14N2O2S/c1-7-3-10-9(6-18-13(14)15)5-12(16)17-11(10)4-8(7)2/h3-5H,6H2,1-2H3,(H3,14,15). The van der Waals surface area contributed by atoms with Crippen LogP contribution in [0.1, 0.15) is 16.7 Å². The van der Waals surface area contributed by atoms with Gasteiger partial charge in [0.1, 0.15) is 5.58 Å². The van der Waals surface area contributed by atoms with Crippen LogP contribution in [0, 0.1) is 19.3 Å². The van der Waals surface area contributed by atoms with Gasteiger partial charge in [-0.15, -0.1) is 0 Å². The van der Waals surface area contributed by atoms with E-state index in [1.165, 1.54) is 17.8 Å². The minimum Gasteiger partial charge on any atom is -0.423 e. The molecular formula is C13H14N2O2S. The molecule has 0 amide bonds. The van der Waals surface area contributed by atoms with Gasteiger partial charge in [-0.1, -0.05) is 11.8 Å². The Bertz CT molecular complexity index is 676. The maximum atomic E-state index is 11.5. The van der Waals surface area contributed by atoms with Crippen LogP contribution in [0.15, 0.2) is 27.4 Å². The Kier molecular flexibility index (Phi) is 3.43. The van der Waals surface area contributed by atoms with Crippen molar-refractivity contribution in [2.45, 2.75) is 19.6 Å². The zero-order valence-electron chi connectivity index (χ0n) is 10.2. The highest BCUT2D eigenvalue weighted by Gasteiger charge is 2.08. The second-order valence-corrected chi connectivity index (χ2v) is 5.19. The highest BCUT2D eigenvalue weighted by atomic mass is 32.2. The van der Waals surface area contributed by atoms with Crippen LogP contribution in [0.25, 0.3) is 11.0 Å². The molecule has 94 valence electrons. The third-order valence-corrected chi connectivity index (χ3v) is 3.59. The normalized spacial score (nSPS) is 10.8. The van der Waals surface area contributed by atoms with E-state index < -0.39 is 0 Å². The van der Waals surface area contributed by atoms with E-state index in [0.717, 1.165) is 22.1 Å². The first kappa shape index (κ1) is 12.7. The van der Waals surface area contributed by atoms with E-state index in [1.54, 1.807) is 0 Å². The van der Waals surface area contributed by atoms with E-state index in [-0.39, 0.29) is 10.8 Å². The molecule has 5 heteroatoms. The number of fused-ring (bicyclic) bond motifs is 1. The number of nitrogens with two attached hydrogens (primary N) is 1. The largest absolute Gasteiger partial charge is 0.423 e. The zero-order chi connectivity index (χ0) is 13.3. The highest BCUT2D eigenvalue weighted by Crippen LogP contribution is 2.24. The van der Waals surface area contributed by atoms with Crippen molar-refractivity contribution in [1.29, 1.82) is 5.41 Å². The summed E-state index contributed by atoms with van der Waals surface area (Å²) in [4.78, 5) is 11.5. The summed E-state index contributed by atoms with van der Waals surface area (Å²) in [5.41, 5.74) is 8.62. The molecule has 0 radical (unpaired) electrons. The minimum atomic E-state index is -0.370. The lowest BCUT2D eigenvalue weighted by atomic mass is 10.0. The number of rotatable bonds is 2. The number of benzene rings is 1. The smallest absolute Gasteiger partial charge is 0.336 e. The Morgan fingerprint density at radius 3 is 2.67 bits per heavy atom. The van der Waals surface area contributed by atoms with Crippen LogP contribution >= 0.6 is 11.8 Å². The molecule has 3 N–H and O–H groups in total. The molecule has 1 heterocycles. The van der Waals surface area contributed by atoms with Gasteiger partial charge >= 0.3 is 5.63 Å². The van der Waals surface area contributed by atoms with Gasteiger partial charge in [0.05, 0.1) is 0 Å². The Balaban J connectivity index is 2.60. The molecule has 0 spiro atoms. The summed E-state index contributed by atoms with van der Waals surface area (Å²) in [6.07, 6.45) is 0. The molecule has 0 aliphatic carbocycles.